The van der Waals surface area contributed by atoms with E-state index >= 15 is 0 Å². The van der Waals surface area contributed by atoms with Crippen molar-refractivity contribution in [2.45, 2.75) is 44.4 Å². The molecule has 7 heteroatoms. The van der Waals surface area contributed by atoms with E-state index in [2.05, 4.69) is 19.2 Å². The second-order valence-electron chi connectivity index (χ2n) is 8.68. The van der Waals surface area contributed by atoms with Crippen molar-refractivity contribution in [1.29, 1.82) is 0 Å². The number of hydrogen-bond donors (Lipinski definition) is 1. The highest BCUT2D eigenvalue weighted by molar-refractivity contribution is 6.35. The van der Waals surface area contributed by atoms with Crippen LogP contribution in [0.3, 0.4) is 0 Å². The molecule has 0 aromatic heterocycles. The lowest BCUT2D eigenvalue weighted by molar-refractivity contribution is -0.152. The summed E-state index contributed by atoms with van der Waals surface area (Å²) in [5.74, 6) is -1.75. The fourth-order valence-electron chi connectivity index (χ4n) is 3.89. The van der Waals surface area contributed by atoms with Crippen LogP contribution in [0.25, 0.3) is 0 Å². The zero-order valence-electron chi connectivity index (χ0n) is 18.9. The van der Waals surface area contributed by atoms with Crippen molar-refractivity contribution in [2.75, 3.05) is 20.6 Å². The summed E-state index contributed by atoms with van der Waals surface area (Å²) in [6, 6.07) is 16.0. The second kappa shape index (κ2) is 9.94. The standard InChI is InChI=1S/C25H30FN3O3/c1-16(2)17-10-12-19(13-11-17)22(18-8-6-5-7-9-18)27-23(30)21-14-20(26)15-29(21)25(32)24(31)28(3)4/h5-13,16,20-22H,14-15H2,1-4H3,(H,27,30). The van der Waals surface area contributed by atoms with Gasteiger partial charge in [-0.05, 0) is 22.6 Å². The van der Waals surface area contributed by atoms with Gasteiger partial charge in [0, 0.05) is 20.5 Å². The molecule has 32 heavy (non-hydrogen) atoms. The molecule has 1 heterocycles. The van der Waals surface area contributed by atoms with E-state index in [-0.39, 0.29) is 13.0 Å². The molecular formula is C25H30FN3O3. The van der Waals surface area contributed by atoms with Crippen LogP contribution in [0.4, 0.5) is 4.39 Å². The summed E-state index contributed by atoms with van der Waals surface area (Å²) >= 11 is 0. The smallest absolute Gasteiger partial charge is 0.312 e. The van der Waals surface area contributed by atoms with Crippen LogP contribution in [0.1, 0.15) is 48.9 Å². The molecular weight excluding hydrogens is 409 g/mol. The van der Waals surface area contributed by atoms with Crippen molar-refractivity contribution in [3.8, 4) is 0 Å². The van der Waals surface area contributed by atoms with Crippen molar-refractivity contribution in [2.24, 2.45) is 0 Å². The van der Waals surface area contributed by atoms with Gasteiger partial charge >= 0.3 is 11.8 Å². The van der Waals surface area contributed by atoms with Crippen LogP contribution >= 0.6 is 0 Å². The predicted molar refractivity (Wildman–Crippen MR) is 121 cm³/mol. The molecule has 0 aliphatic carbocycles. The third kappa shape index (κ3) is 5.15. The number of likely N-dealkylation sites (tertiary alicyclic amines) is 1. The Kier molecular flexibility index (Phi) is 7.28. The molecule has 1 N–H and O–H groups in total. The Morgan fingerprint density at radius 2 is 1.53 bits per heavy atom. The van der Waals surface area contributed by atoms with Gasteiger partial charge in [0.2, 0.25) is 5.91 Å². The van der Waals surface area contributed by atoms with Gasteiger partial charge in [-0.15, -0.1) is 0 Å². The molecule has 6 nitrogen and oxygen atoms in total. The second-order valence-corrected chi connectivity index (χ2v) is 8.68. The van der Waals surface area contributed by atoms with Gasteiger partial charge in [-0.2, -0.15) is 0 Å². The van der Waals surface area contributed by atoms with Gasteiger partial charge in [-0.3, -0.25) is 14.4 Å². The molecule has 1 fully saturated rings. The van der Waals surface area contributed by atoms with Gasteiger partial charge in [0.25, 0.3) is 0 Å². The van der Waals surface area contributed by atoms with Crippen molar-refractivity contribution in [1.82, 2.24) is 15.1 Å². The number of benzene rings is 2. The lowest BCUT2D eigenvalue weighted by Crippen LogP contribution is -2.51. The molecule has 3 rings (SSSR count). The van der Waals surface area contributed by atoms with E-state index in [1.807, 2.05) is 54.6 Å². The quantitative estimate of drug-likeness (QED) is 0.728. The monoisotopic (exact) mass is 439 g/mol. The summed E-state index contributed by atoms with van der Waals surface area (Å²) < 4.78 is 14.2. The minimum absolute atomic E-state index is 0.133. The lowest BCUT2D eigenvalue weighted by Gasteiger charge is -2.27. The van der Waals surface area contributed by atoms with Crippen LogP contribution in [0.15, 0.2) is 54.6 Å². The number of likely N-dealkylation sites (N-methyl/N-ethyl adjacent to an activating group) is 1. The third-order valence-corrected chi connectivity index (χ3v) is 5.76. The minimum Gasteiger partial charge on any atom is -0.343 e. The van der Waals surface area contributed by atoms with Gasteiger partial charge in [0.1, 0.15) is 12.2 Å². The minimum atomic E-state index is -1.36. The average Bonchev–Trinajstić information content (AvgIpc) is 3.18. The summed E-state index contributed by atoms with van der Waals surface area (Å²) in [7, 11) is 2.90. The number of nitrogens with zero attached hydrogens (tertiary/aromatic N) is 2. The molecule has 1 aliphatic rings. The van der Waals surface area contributed by atoms with Crippen LogP contribution in [0.5, 0.6) is 0 Å². The molecule has 0 saturated carbocycles. The molecule has 3 amide bonds. The number of hydrogen-bond acceptors (Lipinski definition) is 3. The fourth-order valence-corrected chi connectivity index (χ4v) is 3.89. The summed E-state index contributed by atoms with van der Waals surface area (Å²) in [6.07, 6.45) is -1.49. The van der Waals surface area contributed by atoms with Gasteiger partial charge in [0.15, 0.2) is 0 Å². The molecule has 2 aromatic rings. The Balaban J connectivity index is 1.87. The first-order valence-electron chi connectivity index (χ1n) is 10.8. The van der Waals surface area contributed by atoms with E-state index in [9.17, 15) is 18.8 Å². The normalized spacial score (nSPS) is 19.0. The first-order valence-corrected chi connectivity index (χ1v) is 10.8. The topological polar surface area (TPSA) is 69.7 Å². The highest BCUT2D eigenvalue weighted by atomic mass is 19.1. The van der Waals surface area contributed by atoms with Crippen LogP contribution in [0, 0.1) is 0 Å². The molecule has 1 saturated heterocycles. The number of rotatable bonds is 5. The Labute approximate surface area is 188 Å². The van der Waals surface area contributed by atoms with Gasteiger partial charge < -0.3 is 15.1 Å². The van der Waals surface area contributed by atoms with E-state index in [0.29, 0.717) is 5.92 Å². The zero-order chi connectivity index (χ0) is 23.4. The molecule has 0 radical (unpaired) electrons. The van der Waals surface area contributed by atoms with Crippen molar-refractivity contribution in [3.63, 3.8) is 0 Å². The van der Waals surface area contributed by atoms with E-state index < -0.39 is 36.0 Å². The van der Waals surface area contributed by atoms with Gasteiger partial charge in [-0.1, -0.05) is 68.4 Å². The van der Waals surface area contributed by atoms with Crippen LogP contribution < -0.4 is 5.32 Å². The maximum atomic E-state index is 14.2. The highest BCUT2D eigenvalue weighted by Crippen LogP contribution is 2.27. The first-order chi connectivity index (χ1) is 15.2. The van der Waals surface area contributed by atoms with Crippen molar-refractivity contribution >= 4 is 17.7 Å². The van der Waals surface area contributed by atoms with Gasteiger partial charge in [0.05, 0.1) is 12.6 Å². The lowest BCUT2D eigenvalue weighted by atomic mass is 9.95. The van der Waals surface area contributed by atoms with E-state index in [1.54, 1.807) is 0 Å². The largest absolute Gasteiger partial charge is 0.343 e. The van der Waals surface area contributed by atoms with E-state index in [0.717, 1.165) is 20.9 Å². The molecule has 0 spiro atoms. The molecule has 2 aromatic carbocycles. The van der Waals surface area contributed by atoms with E-state index in [4.69, 9.17) is 0 Å². The molecule has 1 aliphatic heterocycles. The Morgan fingerprint density at radius 3 is 2.09 bits per heavy atom. The summed E-state index contributed by atoms with van der Waals surface area (Å²) in [5, 5.41) is 2.99. The molecule has 3 unspecified atom stereocenters. The van der Waals surface area contributed by atoms with E-state index in [1.165, 1.54) is 19.7 Å². The van der Waals surface area contributed by atoms with Crippen molar-refractivity contribution < 1.29 is 18.8 Å². The first kappa shape index (κ1) is 23.4. The highest BCUT2D eigenvalue weighted by Gasteiger charge is 2.42. The van der Waals surface area contributed by atoms with Gasteiger partial charge in [-0.25, -0.2) is 4.39 Å². The Hall–Kier alpha value is -3.22. The number of carbonyl (C=O) groups excluding carboxylic acids is 3. The van der Waals surface area contributed by atoms with Crippen LogP contribution in [0.2, 0.25) is 0 Å². The van der Waals surface area contributed by atoms with Crippen molar-refractivity contribution in [3.05, 3.63) is 71.3 Å². The molecule has 170 valence electrons. The third-order valence-electron chi connectivity index (χ3n) is 5.76. The summed E-state index contributed by atoms with van der Waals surface area (Å²) in [6.45, 7) is 3.95. The molecule has 0 bridgehead atoms. The fraction of sp³-hybridized carbons (Fsp3) is 0.400. The number of nitrogens with one attached hydrogen (secondary N) is 1. The number of halogens is 1. The number of carbonyl (C=O) groups is 3. The Bertz CT molecular complexity index is 960. The van der Waals surface area contributed by atoms with Crippen LogP contribution in [-0.2, 0) is 14.4 Å². The maximum Gasteiger partial charge on any atom is 0.312 e. The number of alkyl halides is 1. The maximum absolute atomic E-state index is 14.2. The SMILES string of the molecule is CC(C)c1ccc(C(NC(=O)C2CC(F)CN2C(=O)C(=O)N(C)C)c2ccccc2)cc1. The zero-order valence-corrected chi connectivity index (χ0v) is 18.9. The summed E-state index contributed by atoms with van der Waals surface area (Å²) in [4.78, 5) is 40.1. The number of amides is 3. The average molecular weight is 440 g/mol. The molecule has 3 atom stereocenters. The predicted octanol–water partition coefficient (Wildman–Crippen LogP) is 3.04. The Morgan fingerprint density at radius 1 is 0.969 bits per heavy atom. The van der Waals surface area contributed by atoms with Crippen LogP contribution in [-0.4, -0.2) is 60.4 Å². The summed E-state index contributed by atoms with van der Waals surface area (Å²) in [5.41, 5.74) is 2.93.